The van der Waals surface area contributed by atoms with Gasteiger partial charge in [-0.3, -0.25) is 4.99 Å². The average molecular weight is 423 g/mol. The van der Waals surface area contributed by atoms with Gasteiger partial charge in [0, 0.05) is 39.7 Å². The van der Waals surface area contributed by atoms with Gasteiger partial charge in [-0.05, 0) is 38.2 Å². The van der Waals surface area contributed by atoms with Crippen LogP contribution in [0.2, 0.25) is 0 Å². The van der Waals surface area contributed by atoms with Gasteiger partial charge in [-0.25, -0.2) is 0 Å². The highest BCUT2D eigenvalue weighted by atomic mass is 16.5. The van der Waals surface area contributed by atoms with Gasteiger partial charge >= 0.3 is 0 Å². The molecule has 1 aliphatic rings. The molecule has 1 aromatic carbocycles. The van der Waals surface area contributed by atoms with E-state index in [1.54, 1.807) is 21.3 Å². The van der Waals surface area contributed by atoms with Crippen LogP contribution in [0.15, 0.2) is 23.2 Å². The predicted octanol–water partition coefficient (Wildman–Crippen LogP) is 1.87. The molecule has 1 saturated heterocycles. The van der Waals surface area contributed by atoms with Crippen molar-refractivity contribution in [3.8, 4) is 11.5 Å². The number of aliphatic imine (C=N–C) groups is 1. The molecule has 2 rings (SSSR count). The van der Waals surface area contributed by atoms with Gasteiger partial charge in [0.25, 0.3) is 0 Å². The van der Waals surface area contributed by atoms with Crippen LogP contribution >= 0.6 is 0 Å². The first-order valence-corrected chi connectivity index (χ1v) is 10.4. The number of hydrogen-bond acceptors (Lipinski definition) is 6. The van der Waals surface area contributed by atoms with Crippen molar-refractivity contribution in [2.45, 2.75) is 12.5 Å². The molecule has 2 unspecified atom stereocenters. The average Bonchev–Trinajstić information content (AvgIpc) is 3.22. The van der Waals surface area contributed by atoms with Gasteiger partial charge in [-0.1, -0.05) is 6.07 Å². The number of nitrogens with one attached hydrogen (secondary N) is 1. The summed E-state index contributed by atoms with van der Waals surface area (Å²) in [4.78, 5) is 9.01. The monoisotopic (exact) mass is 422 g/mol. The molecule has 170 valence electrons. The molecule has 1 N–H and O–H groups in total. The molecule has 30 heavy (non-hydrogen) atoms. The Kier molecular flexibility index (Phi) is 10.2. The zero-order valence-electron chi connectivity index (χ0n) is 19.3. The molecule has 0 amide bonds. The molecule has 1 heterocycles. The van der Waals surface area contributed by atoms with E-state index in [4.69, 9.17) is 18.9 Å². The molecule has 1 fully saturated rings. The van der Waals surface area contributed by atoms with Crippen LogP contribution in [0.5, 0.6) is 11.5 Å². The lowest BCUT2D eigenvalue weighted by Gasteiger charge is -2.28. The van der Waals surface area contributed by atoms with E-state index in [-0.39, 0.29) is 6.04 Å². The molecule has 1 aliphatic heterocycles. The first-order valence-electron chi connectivity index (χ1n) is 10.4. The number of ether oxygens (including phenoxy) is 4. The minimum Gasteiger partial charge on any atom is -0.493 e. The molecule has 8 nitrogen and oxygen atoms in total. The smallest absolute Gasteiger partial charge is 0.193 e. The number of hydrogen-bond donors (Lipinski definition) is 1. The summed E-state index contributed by atoms with van der Waals surface area (Å²) in [5, 5.41) is 3.56. The minimum atomic E-state index is 0.164. The van der Waals surface area contributed by atoms with Crippen molar-refractivity contribution in [2.75, 3.05) is 81.9 Å². The van der Waals surface area contributed by atoms with Crippen molar-refractivity contribution in [1.82, 2.24) is 15.1 Å². The third-order valence-electron chi connectivity index (χ3n) is 5.45. The number of rotatable bonds is 11. The van der Waals surface area contributed by atoms with Gasteiger partial charge in [0.05, 0.1) is 40.1 Å². The van der Waals surface area contributed by atoms with E-state index in [1.165, 1.54) is 0 Å². The van der Waals surface area contributed by atoms with Gasteiger partial charge in [0.1, 0.15) is 0 Å². The topological polar surface area (TPSA) is 67.8 Å². The summed E-state index contributed by atoms with van der Waals surface area (Å²) < 4.78 is 21.6. The number of likely N-dealkylation sites (N-methyl/N-ethyl adjacent to an activating group) is 1. The predicted molar refractivity (Wildman–Crippen MR) is 120 cm³/mol. The number of methoxy groups -OCH3 is 3. The summed E-state index contributed by atoms with van der Waals surface area (Å²) >= 11 is 0. The SMILES string of the molecule is CN=C(NCC(c1ccc(OC)c(OC)c1)N(C)C)N1CCC(COCCOC)C1. The van der Waals surface area contributed by atoms with E-state index in [9.17, 15) is 0 Å². The van der Waals surface area contributed by atoms with Crippen LogP contribution < -0.4 is 14.8 Å². The van der Waals surface area contributed by atoms with Crippen LogP contribution in [0.25, 0.3) is 0 Å². The van der Waals surface area contributed by atoms with Crippen LogP contribution in [0.3, 0.4) is 0 Å². The van der Waals surface area contributed by atoms with Crippen molar-refractivity contribution in [3.63, 3.8) is 0 Å². The van der Waals surface area contributed by atoms with Crippen LogP contribution in [0.4, 0.5) is 0 Å². The van der Waals surface area contributed by atoms with Gasteiger partial charge in [-0.15, -0.1) is 0 Å². The highest BCUT2D eigenvalue weighted by molar-refractivity contribution is 5.80. The molecule has 0 radical (unpaired) electrons. The molecule has 0 aliphatic carbocycles. The van der Waals surface area contributed by atoms with Crippen molar-refractivity contribution in [3.05, 3.63) is 23.8 Å². The van der Waals surface area contributed by atoms with Crippen molar-refractivity contribution in [2.24, 2.45) is 10.9 Å². The maximum absolute atomic E-state index is 5.71. The fraction of sp³-hybridized carbons (Fsp3) is 0.682. The quantitative estimate of drug-likeness (QED) is 0.332. The first kappa shape index (κ1) is 24.2. The highest BCUT2D eigenvalue weighted by Gasteiger charge is 2.26. The maximum Gasteiger partial charge on any atom is 0.193 e. The summed E-state index contributed by atoms with van der Waals surface area (Å²) in [5.41, 5.74) is 1.16. The number of benzene rings is 1. The van der Waals surface area contributed by atoms with Crippen molar-refractivity contribution >= 4 is 5.96 Å². The van der Waals surface area contributed by atoms with Crippen molar-refractivity contribution < 1.29 is 18.9 Å². The first-order chi connectivity index (χ1) is 14.5. The largest absolute Gasteiger partial charge is 0.493 e. The van der Waals surface area contributed by atoms with Crippen LogP contribution in [0, 0.1) is 5.92 Å². The van der Waals surface area contributed by atoms with Gasteiger partial charge in [-0.2, -0.15) is 0 Å². The van der Waals surface area contributed by atoms with Crippen LogP contribution in [-0.2, 0) is 9.47 Å². The fourth-order valence-electron chi connectivity index (χ4n) is 3.73. The molecular weight excluding hydrogens is 384 g/mol. The maximum atomic E-state index is 5.71. The van der Waals surface area contributed by atoms with Crippen molar-refractivity contribution in [1.29, 1.82) is 0 Å². The van der Waals surface area contributed by atoms with Crippen LogP contribution in [0.1, 0.15) is 18.0 Å². The number of likely N-dealkylation sites (tertiary alicyclic amines) is 1. The van der Waals surface area contributed by atoms with E-state index in [2.05, 4.69) is 40.3 Å². The Hall–Kier alpha value is -2.03. The Balaban J connectivity index is 1.95. The van der Waals surface area contributed by atoms with E-state index >= 15 is 0 Å². The lowest BCUT2D eigenvalue weighted by Crippen LogP contribution is -2.43. The zero-order chi connectivity index (χ0) is 21.9. The standard InChI is InChI=1S/C22H38N4O4/c1-23-22(26-10-9-17(15-26)16-30-12-11-27-4)24-14-19(25(2)3)18-7-8-20(28-5)21(13-18)29-6/h7-8,13,17,19H,9-12,14-16H2,1-6H3,(H,23,24). The second-order valence-electron chi connectivity index (χ2n) is 7.69. The molecular formula is C22H38N4O4. The minimum absolute atomic E-state index is 0.164. The Morgan fingerprint density at radius 2 is 1.97 bits per heavy atom. The molecule has 8 heteroatoms. The van der Waals surface area contributed by atoms with E-state index in [0.717, 1.165) is 55.7 Å². The summed E-state index contributed by atoms with van der Waals surface area (Å²) in [6.45, 7) is 4.73. The summed E-state index contributed by atoms with van der Waals surface area (Å²) in [5.74, 6) is 2.93. The lowest BCUT2D eigenvalue weighted by molar-refractivity contribution is 0.0536. The van der Waals surface area contributed by atoms with Crippen LogP contribution in [-0.4, -0.2) is 97.7 Å². The van der Waals surface area contributed by atoms with Gasteiger partial charge < -0.3 is 34.1 Å². The normalized spacial score (nSPS) is 18.0. The summed E-state index contributed by atoms with van der Waals surface area (Å²) in [6.07, 6.45) is 1.11. The molecule has 0 bridgehead atoms. The van der Waals surface area contributed by atoms with Gasteiger partial charge in [0.15, 0.2) is 17.5 Å². The summed E-state index contributed by atoms with van der Waals surface area (Å²) in [6, 6.07) is 6.24. The van der Waals surface area contributed by atoms with E-state index < -0.39 is 0 Å². The van der Waals surface area contributed by atoms with Gasteiger partial charge in [0.2, 0.25) is 0 Å². The Bertz CT molecular complexity index is 669. The third-order valence-corrected chi connectivity index (χ3v) is 5.45. The second kappa shape index (κ2) is 12.6. The second-order valence-corrected chi connectivity index (χ2v) is 7.69. The molecule has 0 saturated carbocycles. The fourth-order valence-corrected chi connectivity index (χ4v) is 3.73. The number of nitrogens with zero attached hydrogens (tertiary/aromatic N) is 3. The summed E-state index contributed by atoms with van der Waals surface area (Å²) in [7, 11) is 11.0. The molecule has 0 aromatic heterocycles. The lowest BCUT2D eigenvalue weighted by atomic mass is 10.1. The van der Waals surface area contributed by atoms with E-state index in [1.807, 2.05) is 19.2 Å². The Labute approximate surface area is 181 Å². The molecule has 2 atom stereocenters. The Morgan fingerprint density at radius 3 is 2.60 bits per heavy atom. The zero-order valence-corrected chi connectivity index (χ0v) is 19.3. The number of guanidine groups is 1. The molecule has 1 aromatic rings. The molecule has 0 spiro atoms. The highest BCUT2D eigenvalue weighted by Crippen LogP contribution is 2.31. The Morgan fingerprint density at radius 1 is 1.20 bits per heavy atom. The van der Waals surface area contributed by atoms with E-state index in [0.29, 0.717) is 19.1 Å². The third kappa shape index (κ3) is 6.75.